The molecule has 2 rings (SSSR count). The van der Waals surface area contributed by atoms with Gasteiger partial charge in [0.25, 0.3) is 5.91 Å². The fourth-order valence-corrected chi connectivity index (χ4v) is 2.99. The smallest absolute Gasteiger partial charge is 0.255 e. The summed E-state index contributed by atoms with van der Waals surface area (Å²) in [5, 5.41) is 4.17. The van der Waals surface area contributed by atoms with Crippen LogP contribution in [0.2, 0.25) is 0 Å². The first kappa shape index (κ1) is 15.5. The van der Waals surface area contributed by atoms with Crippen LogP contribution in [0.25, 0.3) is 0 Å². The maximum Gasteiger partial charge on any atom is 0.255 e. The minimum atomic E-state index is -3.78. The molecule has 1 unspecified atom stereocenters. The Bertz CT molecular complexity index is 684. The van der Waals surface area contributed by atoms with E-state index in [9.17, 15) is 18.0 Å². The summed E-state index contributed by atoms with van der Waals surface area (Å²) >= 11 is 0. The second kappa shape index (κ2) is 5.45. The second-order valence-electron chi connectivity index (χ2n) is 5.14. The van der Waals surface area contributed by atoms with Crippen LogP contribution in [-0.2, 0) is 14.8 Å². The van der Waals surface area contributed by atoms with E-state index >= 15 is 0 Å². The highest BCUT2D eigenvalue weighted by Gasteiger charge is 2.38. The maximum atomic E-state index is 12.2. The summed E-state index contributed by atoms with van der Waals surface area (Å²) in [7, 11) is -0.565. The van der Waals surface area contributed by atoms with Gasteiger partial charge in [-0.2, -0.15) is 0 Å². The number of carbonyl (C=O) groups excluding carboxylic acids is 2. The molecule has 1 aromatic rings. The highest BCUT2D eigenvalue weighted by Crippen LogP contribution is 2.28. The van der Waals surface area contributed by atoms with E-state index in [2.05, 4.69) is 0 Å². The van der Waals surface area contributed by atoms with Crippen LogP contribution in [0, 0.1) is 0 Å². The van der Waals surface area contributed by atoms with E-state index in [0.717, 1.165) is 0 Å². The van der Waals surface area contributed by atoms with E-state index in [4.69, 9.17) is 5.14 Å². The first-order valence-corrected chi connectivity index (χ1v) is 7.95. The summed E-state index contributed by atoms with van der Waals surface area (Å²) in [6.45, 7) is -0.0324. The number of anilines is 1. The molecule has 21 heavy (non-hydrogen) atoms. The van der Waals surface area contributed by atoms with Gasteiger partial charge in [0.05, 0.1) is 11.3 Å². The van der Waals surface area contributed by atoms with Gasteiger partial charge in [-0.1, -0.05) is 12.1 Å². The molecule has 1 fully saturated rings. The van der Waals surface area contributed by atoms with Gasteiger partial charge in [-0.25, -0.2) is 13.6 Å². The first-order valence-electron chi connectivity index (χ1n) is 6.34. The van der Waals surface area contributed by atoms with Gasteiger partial charge in [0, 0.05) is 27.1 Å². The van der Waals surface area contributed by atoms with Gasteiger partial charge >= 0.3 is 0 Å². The fourth-order valence-electron chi connectivity index (χ4n) is 2.26. The van der Waals surface area contributed by atoms with Crippen LogP contribution in [0.4, 0.5) is 5.69 Å². The van der Waals surface area contributed by atoms with E-state index in [1.54, 1.807) is 38.4 Å². The lowest BCUT2D eigenvalue weighted by Gasteiger charge is -2.21. The van der Waals surface area contributed by atoms with Crippen molar-refractivity contribution in [3.8, 4) is 0 Å². The SMILES string of the molecule is CN(C)C(=O)c1ccccc1N1CC(S(N)(=O)=O)CC1=O. The number of nitrogens with two attached hydrogens (primary N) is 1. The Morgan fingerprint density at radius 1 is 1.33 bits per heavy atom. The molecule has 1 aromatic carbocycles. The molecule has 0 aromatic heterocycles. The highest BCUT2D eigenvalue weighted by molar-refractivity contribution is 7.89. The zero-order chi connectivity index (χ0) is 15.8. The Morgan fingerprint density at radius 2 is 1.95 bits per heavy atom. The van der Waals surface area contributed by atoms with Gasteiger partial charge < -0.3 is 9.80 Å². The zero-order valence-corrected chi connectivity index (χ0v) is 12.6. The molecule has 2 amide bonds. The molecule has 2 N–H and O–H groups in total. The molecule has 0 spiro atoms. The molecular formula is C13H17N3O4S. The number of carbonyl (C=O) groups is 2. The normalized spacial score (nSPS) is 18.9. The Kier molecular flexibility index (Phi) is 4.02. The first-order chi connectivity index (χ1) is 9.71. The van der Waals surface area contributed by atoms with Gasteiger partial charge in [-0.15, -0.1) is 0 Å². The van der Waals surface area contributed by atoms with Crippen LogP contribution in [0.15, 0.2) is 24.3 Å². The van der Waals surface area contributed by atoms with Crippen molar-refractivity contribution < 1.29 is 18.0 Å². The van der Waals surface area contributed by atoms with Crippen molar-refractivity contribution in [2.45, 2.75) is 11.7 Å². The van der Waals surface area contributed by atoms with Gasteiger partial charge in [-0.05, 0) is 12.1 Å². The minimum absolute atomic E-state index is 0.0324. The van der Waals surface area contributed by atoms with E-state index in [1.807, 2.05) is 0 Å². The summed E-state index contributed by atoms with van der Waals surface area (Å²) in [6, 6.07) is 6.62. The van der Waals surface area contributed by atoms with E-state index < -0.39 is 15.3 Å². The molecule has 1 atom stereocenters. The van der Waals surface area contributed by atoms with Crippen molar-refractivity contribution >= 4 is 27.5 Å². The molecule has 0 saturated carbocycles. The summed E-state index contributed by atoms with van der Waals surface area (Å²) in [6.07, 6.45) is -0.163. The third kappa shape index (κ3) is 3.06. The Hall–Kier alpha value is -1.93. The largest absolute Gasteiger partial charge is 0.345 e. The van der Waals surface area contributed by atoms with Gasteiger partial charge in [-0.3, -0.25) is 9.59 Å². The number of benzene rings is 1. The molecule has 8 heteroatoms. The molecule has 1 aliphatic heterocycles. The molecule has 0 aliphatic carbocycles. The molecule has 0 bridgehead atoms. The van der Waals surface area contributed by atoms with Crippen LogP contribution in [-0.4, -0.2) is 51.0 Å². The van der Waals surface area contributed by atoms with Crippen LogP contribution in [0.3, 0.4) is 0 Å². The average molecular weight is 311 g/mol. The number of primary sulfonamides is 1. The lowest BCUT2D eigenvalue weighted by atomic mass is 10.1. The van der Waals surface area contributed by atoms with Crippen LogP contribution in [0.1, 0.15) is 16.8 Å². The predicted octanol–water partition coefficient (Wildman–Crippen LogP) is -0.218. The fraction of sp³-hybridized carbons (Fsp3) is 0.385. The predicted molar refractivity (Wildman–Crippen MR) is 78.3 cm³/mol. The van der Waals surface area contributed by atoms with E-state index in [1.165, 1.54) is 9.80 Å². The number of hydrogen-bond acceptors (Lipinski definition) is 4. The van der Waals surface area contributed by atoms with Gasteiger partial charge in [0.2, 0.25) is 15.9 Å². The van der Waals surface area contributed by atoms with Gasteiger partial charge in [0.15, 0.2) is 0 Å². The van der Waals surface area contributed by atoms with Crippen molar-refractivity contribution in [3.63, 3.8) is 0 Å². The summed E-state index contributed by atoms with van der Waals surface area (Å²) in [4.78, 5) is 26.9. The third-order valence-corrected chi connectivity index (χ3v) is 4.63. The molecule has 114 valence electrons. The highest BCUT2D eigenvalue weighted by atomic mass is 32.2. The Labute approximate surface area is 123 Å². The Morgan fingerprint density at radius 3 is 2.48 bits per heavy atom. The van der Waals surface area contributed by atoms with Crippen molar-refractivity contribution in [2.75, 3.05) is 25.5 Å². The number of nitrogens with zero attached hydrogens (tertiary/aromatic N) is 2. The van der Waals surface area contributed by atoms with Gasteiger partial charge in [0.1, 0.15) is 5.25 Å². The standard InChI is InChI=1S/C13H17N3O4S/c1-15(2)13(18)10-5-3-4-6-11(10)16-8-9(7-12(16)17)21(14,19)20/h3-6,9H,7-8H2,1-2H3,(H2,14,19,20). The van der Waals surface area contributed by atoms with Crippen molar-refractivity contribution in [2.24, 2.45) is 5.14 Å². The lowest BCUT2D eigenvalue weighted by molar-refractivity contribution is -0.117. The summed E-state index contributed by atoms with van der Waals surface area (Å²) in [5.41, 5.74) is 0.762. The van der Waals surface area contributed by atoms with Crippen molar-refractivity contribution in [1.29, 1.82) is 0 Å². The topological polar surface area (TPSA) is 101 Å². The lowest BCUT2D eigenvalue weighted by Crippen LogP contribution is -2.33. The zero-order valence-electron chi connectivity index (χ0n) is 11.8. The van der Waals surface area contributed by atoms with Crippen LogP contribution >= 0.6 is 0 Å². The van der Waals surface area contributed by atoms with E-state index in [0.29, 0.717) is 11.3 Å². The number of sulfonamides is 1. The summed E-state index contributed by atoms with van der Waals surface area (Å²) < 4.78 is 22.8. The monoisotopic (exact) mass is 311 g/mol. The number of hydrogen-bond donors (Lipinski definition) is 1. The third-order valence-electron chi connectivity index (χ3n) is 3.39. The number of para-hydroxylation sites is 1. The van der Waals surface area contributed by atoms with Crippen LogP contribution in [0.5, 0.6) is 0 Å². The van der Waals surface area contributed by atoms with Crippen LogP contribution < -0.4 is 10.0 Å². The minimum Gasteiger partial charge on any atom is -0.345 e. The van der Waals surface area contributed by atoms with Crippen molar-refractivity contribution in [1.82, 2.24) is 4.90 Å². The average Bonchev–Trinajstić information content (AvgIpc) is 2.79. The summed E-state index contributed by atoms with van der Waals surface area (Å²) in [5.74, 6) is -0.606. The molecule has 1 saturated heterocycles. The van der Waals surface area contributed by atoms with E-state index in [-0.39, 0.29) is 24.8 Å². The second-order valence-corrected chi connectivity index (χ2v) is 6.98. The Balaban J connectivity index is 2.40. The number of rotatable bonds is 3. The van der Waals surface area contributed by atoms with Crippen molar-refractivity contribution in [3.05, 3.63) is 29.8 Å². The molecule has 1 heterocycles. The quantitative estimate of drug-likeness (QED) is 0.834. The molecule has 7 nitrogen and oxygen atoms in total. The number of amides is 2. The molecule has 0 radical (unpaired) electrons. The molecular weight excluding hydrogens is 294 g/mol. The molecule has 1 aliphatic rings. The maximum absolute atomic E-state index is 12.2.